The van der Waals surface area contributed by atoms with Crippen molar-refractivity contribution in [1.82, 2.24) is 5.32 Å². The van der Waals surface area contributed by atoms with Gasteiger partial charge in [0.05, 0.1) is 11.8 Å². The molecule has 110 valence electrons. The van der Waals surface area contributed by atoms with E-state index in [-0.39, 0.29) is 5.54 Å². The minimum atomic E-state index is -0.154. The van der Waals surface area contributed by atoms with Gasteiger partial charge >= 0.3 is 0 Å². The Hall–Kier alpha value is -1.81. The van der Waals surface area contributed by atoms with Crippen molar-refractivity contribution >= 4 is 23.0 Å². The van der Waals surface area contributed by atoms with E-state index >= 15 is 0 Å². The van der Waals surface area contributed by atoms with E-state index in [2.05, 4.69) is 29.7 Å². The predicted octanol–water partition coefficient (Wildman–Crippen LogP) is 4.34. The van der Waals surface area contributed by atoms with Crippen molar-refractivity contribution in [2.75, 3.05) is 5.32 Å². The van der Waals surface area contributed by atoms with Gasteiger partial charge in [-0.2, -0.15) is 0 Å². The van der Waals surface area contributed by atoms with Crippen molar-refractivity contribution in [3.63, 3.8) is 0 Å². The fourth-order valence-electron chi connectivity index (χ4n) is 2.98. The lowest BCUT2D eigenvalue weighted by molar-refractivity contribution is 0.317. The second-order valence-electron chi connectivity index (χ2n) is 5.71. The first-order chi connectivity index (χ1) is 10.2. The summed E-state index contributed by atoms with van der Waals surface area (Å²) in [6.07, 6.45) is 6.22. The Labute approximate surface area is 130 Å². The maximum absolute atomic E-state index is 5.64. The zero-order chi connectivity index (χ0) is 14.7. The molecule has 2 N–H and O–H groups in total. The van der Waals surface area contributed by atoms with Crippen molar-refractivity contribution in [1.29, 1.82) is 0 Å². The summed E-state index contributed by atoms with van der Waals surface area (Å²) in [6, 6.07) is 12.2. The molecule has 1 aliphatic carbocycles. The van der Waals surface area contributed by atoms with Crippen LogP contribution >= 0.6 is 12.2 Å². The minimum absolute atomic E-state index is 0.154. The summed E-state index contributed by atoms with van der Waals surface area (Å²) >= 11 is 5.49. The first kappa shape index (κ1) is 14.1. The van der Waals surface area contributed by atoms with Gasteiger partial charge in [-0.25, -0.2) is 0 Å². The van der Waals surface area contributed by atoms with Crippen molar-refractivity contribution in [3.05, 3.63) is 54.0 Å². The summed E-state index contributed by atoms with van der Waals surface area (Å²) in [4.78, 5) is 0. The van der Waals surface area contributed by atoms with Gasteiger partial charge in [0.15, 0.2) is 5.11 Å². The third-order valence-corrected chi connectivity index (χ3v) is 4.32. The van der Waals surface area contributed by atoms with Crippen molar-refractivity contribution in [3.8, 4) is 0 Å². The molecule has 1 saturated carbocycles. The van der Waals surface area contributed by atoms with Gasteiger partial charge in [-0.15, -0.1) is 0 Å². The fraction of sp³-hybridized carbons (Fsp3) is 0.353. The number of hydrogen-bond donors (Lipinski definition) is 2. The number of benzene rings is 1. The Kier molecular flexibility index (Phi) is 3.97. The second kappa shape index (κ2) is 5.90. The Morgan fingerprint density at radius 2 is 1.86 bits per heavy atom. The lowest BCUT2D eigenvalue weighted by Gasteiger charge is -2.29. The molecule has 0 aliphatic heterocycles. The van der Waals surface area contributed by atoms with Crippen LogP contribution in [0.15, 0.2) is 47.1 Å². The van der Waals surface area contributed by atoms with Crippen LogP contribution in [0.1, 0.15) is 37.0 Å². The average Bonchev–Trinajstić information content (AvgIpc) is 3.12. The predicted molar refractivity (Wildman–Crippen MR) is 89.4 cm³/mol. The maximum atomic E-state index is 5.64. The van der Waals surface area contributed by atoms with Crippen LogP contribution in [0, 0.1) is 6.92 Å². The van der Waals surface area contributed by atoms with E-state index in [1.165, 1.54) is 18.4 Å². The second-order valence-corrected chi connectivity index (χ2v) is 6.12. The Balaban J connectivity index is 1.71. The van der Waals surface area contributed by atoms with E-state index in [1.54, 1.807) is 6.26 Å². The molecule has 1 fully saturated rings. The lowest BCUT2D eigenvalue weighted by Crippen LogP contribution is -2.45. The standard InChI is InChI=1S/C17H20N2OS/c1-13-6-8-14(9-7-13)18-16(21)19-17(10-2-3-11-17)15-5-4-12-20-15/h4-9,12H,2-3,10-11H2,1H3,(H2,18,19,21). The Bertz CT molecular complexity index is 598. The van der Waals surface area contributed by atoms with E-state index in [1.807, 2.05) is 24.3 Å². The van der Waals surface area contributed by atoms with Gasteiger partial charge < -0.3 is 15.1 Å². The molecule has 0 radical (unpaired) electrons. The molecule has 1 heterocycles. The molecular formula is C17H20N2OS. The van der Waals surface area contributed by atoms with E-state index < -0.39 is 0 Å². The molecule has 1 aromatic heterocycles. The van der Waals surface area contributed by atoms with Crippen molar-refractivity contribution in [2.45, 2.75) is 38.1 Å². The molecular weight excluding hydrogens is 280 g/mol. The highest BCUT2D eigenvalue weighted by atomic mass is 32.1. The molecule has 3 nitrogen and oxygen atoms in total. The first-order valence-corrected chi connectivity index (χ1v) is 7.79. The summed E-state index contributed by atoms with van der Waals surface area (Å²) < 4.78 is 5.64. The lowest BCUT2D eigenvalue weighted by atomic mass is 9.94. The van der Waals surface area contributed by atoms with Crippen LogP contribution in [0.25, 0.3) is 0 Å². The van der Waals surface area contributed by atoms with Gasteiger partial charge in [-0.1, -0.05) is 30.5 Å². The molecule has 21 heavy (non-hydrogen) atoms. The SMILES string of the molecule is Cc1ccc(NC(=S)NC2(c3ccco3)CCCC2)cc1. The average molecular weight is 300 g/mol. The third kappa shape index (κ3) is 3.10. The Morgan fingerprint density at radius 3 is 2.48 bits per heavy atom. The van der Waals surface area contributed by atoms with Crippen LogP contribution in [0.5, 0.6) is 0 Å². The number of nitrogens with one attached hydrogen (secondary N) is 2. The number of rotatable bonds is 3. The molecule has 4 heteroatoms. The van der Waals surface area contributed by atoms with E-state index in [0.717, 1.165) is 24.3 Å². The molecule has 1 aliphatic rings. The van der Waals surface area contributed by atoms with E-state index in [0.29, 0.717) is 5.11 Å². The van der Waals surface area contributed by atoms with E-state index in [4.69, 9.17) is 16.6 Å². The summed E-state index contributed by atoms with van der Waals surface area (Å²) in [6.45, 7) is 2.07. The number of anilines is 1. The van der Waals surface area contributed by atoms with Gasteiger partial charge in [0.1, 0.15) is 5.76 Å². The van der Waals surface area contributed by atoms with Crippen LogP contribution in [0.3, 0.4) is 0 Å². The monoisotopic (exact) mass is 300 g/mol. The third-order valence-electron chi connectivity index (χ3n) is 4.11. The summed E-state index contributed by atoms with van der Waals surface area (Å²) in [7, 11) is 0. The zero-order valence-corrected chi connectivity index (χ0v) is 13.0. The van der Waals surface area contributed by atoms with Crippen LogP contribution in [-0.4, -0.2) is 5.11 Å². The minimum Gasteiger partial charge on any atom is -0.467 e. The maximum Gasteiger partial charge on any atom is 0.171 e. The van der Waals surface area contributed by atoms with Crippen molar-refractivity contribution < 1.29 is 4.42 Å². The number of furan rings is 1. The molecule has 0 spiro atoms. The largest absolute Gasteiger partial charge is 0.467 e. The fourth-order valence-corrected chi connectivity index (χ4v) is 3.29. The molecule has 0 amide bonds. The van der Waals surface area contributed by atoms with Gasteiger partial charge in [-0.05, 0) is 56.2 Å². The van der Waals surface area contributed by atoms with Crippen LogP contribution < -0.4 is 10.6 Å². The van der Waals surface area contributed by atoms with Gasteiger partial charge in [-0.3, -0.25) is 0 Å². The smallest absolute Gasteiger partial charge is 0.171 e. The quantitative estimate of drug-likeness (QED) is 0.827. The molecule has 2 aromatic rings. The highest BCUT2D eigenvalue weighted by Crippen LogP contribution is 2.39. The highest BCUT2D eigenvalue weighted by Gasteiger charge is 2.38. The van der Waals surface area contributed by atoms with Crippen LogP contribution in [0.2, 0.25) is 0 Å². The van der Waals surface area contributed by atoms with Crippen LogP contribution in [0.4, 0.5) is 5.69 Å². The topological polar surface area (TPSA) is 37.2 Å². The van der Waals surface area contributed by atoms with Gasteiger partial charge in [0.25, 0.3) is 0 Å². The van der Waals surface area contributed by atoms with Crippen molar-refractivity contribution in [2.24, 2.45) is 0 Å². The number of aryl methyl sites for hydroxylation is 1. The van der Waals surface area contributed by atoms with E-state index in [9.17, 15) is 0 Å². The summed E-state index contributed by atoms with van der Waals surface area (Å²) in [5.74, 6) is 0.980. The molecule has 0 saturated heterocycles. The zero-order valence-electron chi connectivity index (χ0n) is 12.2. The molecule has 0 unspecified atom stereocenters. The normalized spacial score (nSPS) is 16.6. The summed E-state index contributed by atoms with van der Waals surface area (Å²) in [5.41, 5.74) is 2.09. The van der Waals surface area contributed by atoms with Gasteiger partial charge in [0, 0.05) is 5.69 Å². The molecule has 0 atom stereocenters. The number of hydrogen-bond acceptors (Lipinski definition) is 2. The molecule has 0 bridgehead atoms. The Morgan fingerprint density at radius 1 is 1.14 bits per heavy atom. The first-order valence-electron chi connectivity index (χ1n) is 7.38. The van der Waals surface area contributed by atoms with Gasteiger partial charge in [0.2, 0.25) is 0 Å². The molecule has 1 aromatic carbocycles. The van der Waals surface area contributed by atoms with Crippen LogP contribution in [-0.2, 0) is 5.54 Å². The molecule has 3 rings (SSSR count). The number of thiocarbonyl (C=S) groups is 1. The highest BCUT2D eigenvalue weighted by molar-refractivity contribution is 7.80. The summed E-state index contributed by atoms with van der Waals surface area (Å²) in [5, 5.41) is 7.40.